The highest BCUT2D eigenvalue weighted by Gasteiger charge is 2.32. The lowest BCUT2D eigenvalue weighted by atomic mass is 9.88. The molecule has 20 heavy (non-hydrogen) atoms. The Morgan fingerprint density at radius 3 is 2.75 bits per heavy atom. The minimum absolute atomic E-state index is 0.387. The summed E-state index contributed by atoms with van der Waals surface area (Å²) >= 11 is 2.04. The first-order valence-corrected chi connectivity index (χ1v) is 8.64. The summed E-state index contributed by atoms with van der Waals surface area (Å²) in [7, 11) is 0. The van der Waals surface area contributed by atoms with Gasteiger partial charge in [0.1, 0.15) is 5.82 Å². The zero-order valence-corrected chi connectivity index (χ0v) is 13.2. The van der Waals surface area contributed by atoms with Crippen LogP contribution >= 0.6 is 11.8 Å². The summed E-state index contributed by atoms with van der Waals surface area (Å²) in [4.78, 5) is 4.68. The Balaban J connectivity index is 1.99. The quantitative estimate of drug-likeness (QED) is 0.869. The maximum absolute atomic E-state index is 5.87. The summed E-state index contributed by atoms with van der Waals surface area (Å²) < 4.78 is 2.77. The van der Waals surface area contributed by atoms with E-state index >= 15 is 0 Å². The highest BCUT2D eigenvalue weighted by Crippen LogP contribution is 2.40. The van der Waals surface area contributed by atoms with E-state index in [4.69, 9.17) is 5.73 Å². The van der Waals surface area contributed by atoms with Crippen LogP contribution in [0.1, 0.15) is 37.9 Å². The highest BCUT2D eigenvalue weighted by atomic mass is 32.2. The van der Waals surface area contributed by atoms with E-state index in [9.17, 15) is 0 Å². The second kappa shape index (κ2) is 5.32. The van der Waals surface area contributed by atoms with Crippen molar-refractivity contribution in [3.63, 3.8) is 0 Å². The van der Waals surface area contributed by atoms with E-state index in [0.29, 0.717) is 4.75 Å². The minimum atomic E-state index is 0.387. The predicted octanol–water partition coefficient (Wildman–Crippen LogP) is 3.99. The average Bonchev–Trinajstić information content (AvgIpc) is 2.75. The van der Waals surface area contributed by atoms with Gasteiger partial charge >= 0.3 is 0 Å². The molecule has 1 aromatic carbocycles. The molecule has 1 aliphatic carbocycles. The number of aryl methyl sites for hydroxylation is 1. The number of rotatable bonds is 3. The minimum Gasteiger partial charge on any atom is -0.399 e. The van der Waals surface area contributed by atoms with Gasteiger partial charge in [0.2, 0.25) is 0 Å². The summed E-state index contributed by atoms with van der Waals surface area (Å²) in [6.07, 6.45) is 9.02. The number of nitrogens with zero attached hydrogens (tertiary/aromatic N) is 2. The van der Waals surface area contributed by atoms with Gasteiger partial charge in [-0.3, -0.25) is 0 Å². The molecule has 3 rings (SSSR count). The van der Waals surface area contributed by atoms with Gasteiger partial charge in [-0.25, -0.2) is 4.98 Å². The number of benzene rings is 1. The molecular formula is C16H23N3S. The SMILES string of the molecule is CSC1(Cn2c(C)nc3cc(N)ccc32)CCCCC1. The largest absolute Gasteiger partial charge is 0.399 e. The van der Waals surface area contributed by atoms with Crippen molar-refractivity contribution in [2.24, 2.45) is 0 Å². The summed E-state index contributed by atoms with van der Waals surface area (Å²) in [6.45, 7) is 3.17. The number of aromatic nitrogens is 2. The van der Waals surface area contributed by atoms with Crippen LogP contribution in [0.25, 0.3) is 11.0 Å². The molecule has 0 unspecified atom stereocenters. The normalized spacial score (nSPS) is 18.5. The molecule has 1 heterocycles. The smallest absolute Gasteiger partial charge is 0.106 e. The van der Waals surface area contributed by atoms with E-state index in [-0.39, 0.29) is 0 Å². The topological polar surface area (TPSA) is 43.8 Å². The van der Waals surface area contributed by atoms with E-state index in [0.717, 1.165) is 23.6 Å². The molecule has 1 saturated carbocycles. The van der Waals surface area contributed by atoms with Gasteiger partial charge in [-0.2, -0.15) is 11.8 Å². The number of anilines is 1. The first-order chi connectivity index (χ1) is 9.63. The molecule has 0 spiro atoms. The molecule has 3 nitrogen and oxygen atoms in total. The highest BCUT2D eigenvalue weighted by molar-refractivity contribution is 8.00. The molecule has 0 aliphatic heterocycles. The van der Waals surface area contributed by atoms with E-state index in [2.05, 4.69) is 28.8 Å². The molecule has 0 amide bonds. The van der Waals surface area contributed by atoms with Crippen molar-refractivity contribution in [2.45, 2.75) is 50.3 Å². The number of hydrogen-bond acceptors (Lipinski definition) is 3. The van der Waals surface area contributed by atoms with Crippen LogP contribution in [-0.4, -0.2) is 20.6 Å². The summed E-state index contributed by atoms with van der Waals surface area (Å²) in [5.74, 6) is 1.10. The van der Waals surface area contributed by atoms with Crippen LogP contribution in [0.2, 0.25) is 0 Å². The molecule has 1 aromatic heterocycles. The number of thioether (sulfide) groups is 1. The lowest BCUT2D eigenvalue weighted by molar-refractivity contribution is 0.359. The first kappa shape index (κ1) is 13.8. The van der Waals surface area contributed by atoms with Crippen LogP contribution in [0.15, 0.2) is 18.2 Å². The zero-order valence-electron chi connectivity index (χ0n) is 12.4. The van der Waals surface area contributed by atoms with Crippen molar-refractivity contribution < 1.29 is 0 Å². The molecule has 2 aromatic rings. The second-order valence-corrected chi connectivity index (χ2v) is 7.22. The van der Waals surface area contributed by atoms with E-state index in [1.807, 2.05) is 23.9 Å². The number of nitrogen functional groups attached to an aromatic ring is 1. The summed E-state index contributed by atoms with van der Waals surface area (Å²) in [6, 6.07) is 6.07. The lowest BCUT2D eigenvalue weighted by Gasteiger charge is -2.36. The van der Waals surface area contributed by atoms with Gasteiger partial charge < -0.3 is 10.3 Å². The fourth-order valence-corrected chi connectivity index (χ4v) is 4.33. The third kappa shape index (κ3) is 2.41. The lowest BCUT2D eigenvalue weighted by Crippen LogP contribution is -2.33. The van der Waals surface area contributed by atoms with Gasteiger partial charge in [-0.15, -0.1) is 0 Å². The molecule has 2 N–H and O–H groups in total. The Labute approximate surface area is 124 Å². The summed E-state index contributed by atoms with van der Waals surface area (Å²) in [5.41, 5.74) is 8.90. The average molecular weight is 289 g/mol. The number of nitrogens with two attached hydrogens (primary N) is 1. The Hall–Kier alpha value is -1.16. The molecule has 0 radical (unpaired) electrons. The van der Waals surface area contributed by atoms with Crippen LogP contribution in [-0.2, 0) is 6.54 Å². The number of hydrogen-bond donors (Lipinski definition) is 1. The number of imidazole rings is 1. The third-order valence-electron chi connectivity index (χ3n) is 4.61. The van der Waals surface area contributed by atoms with Crippen LogP contribution in [0.3, 0.4) is 0 Å². The maximum Gasteiger partial charge on any atom is 0.106 e. The molecule has 108 valence electrons. The molecule has 0 bridgehead atoms. The monoisotopic (exact) mass is 289 g/mol. The van der Waals surface area contributed by atoms with Crippen LogP contribution in [0, 0.1) is 6.92 Å². The van der Waals surface area contributed by atoms with Gasteiger partial charge in [-0.1, -0.05) is 19.3 Å². The summed E-state index contributed by atoms with van der Waals surface area (Å²) in [5, 5.41) is 0. The van der Waals surface area contributed by atoms with Crippen molar-refractivity contribution in [3.8, 4) is 0 Å². The fourth-order valence-electron chi connectivity index (χ4n) is 3.38. The van der Waals surface area contributed by atoms with Crippen molar-refractivity contribution >= 4 is 28.5 Å². The number of fused-ring (bicyclic) bond motifs is 1. The van der Waals surface area contributed by atoms with Crippen molar-refractivity contribution in [1.82, 2.24) is 9.55 Å². The van der Waals surface area contributed by atoms with Crippen molar-refractivity contribution in [1.29, 1.82) is 0 Å². The van der Waals surface area contributed by atoms with E-state index in [1.54, 1.807) is 0 Å². The van der Waals surface area contributed by atoms with Gasteiger partial charge in [-0.05, 0) is 44.2 Å². The Bertz CT molecular complexity index is 611. The fraction of sp³-hybridized carbons (Fsp3) is 0.562. The maximum atomic E-state index is 5.87. The molecule has 0 saturated heterocycles. The van der Waals surface area contributed by atoms with Crippen LogP contribution < -0.4 is 5.73 Å². The zero-order chi connectivity index (χ0) is 14.2. The van der Waals surface area contributed by atoms with Crippen molar-refractivity contribution in [3.05, 3.63) is 24.0 Å². The third-order valence-corrected chi connectivity index (χ3v) is 6.01. The molecule has 1 fully saturated rings. The first-order valence-electron chi connectivity index (χ1n) is 7.41. The van der Waals surface area contributed by atoms with E-state index in [1.165, 1.54) is 37.6 Å². The molecule has 0 atom stereocenters. The van der Waals surface area contributed by atoms with Crippen LogP contribution in [0.5, 0.6) is 0 Å². The predicted molar refractivity (Wildman–Crippen MR) is 88.2 cm³/mol. The Morgan fingerprint density at radius 2 is 2.05 bits per heavy atom. The van der Waals surface area contributed by atoms with Gasteiger partial charge in [0, 0.05) is 17.0 Å². The van der Waals surface area contributed by atoms with Gasteiger partial charge in [0.05, 0.1) is 11.0 Å². The van der Waals surface area contributed by atoms with Crippen LogP contribution in [0.4, 0.5) is 5.69 Å². The van der Waals surface area contributed by atoms with Crippen molar-refractivity contribution in [2.75, 3.05) is 12.0 Å². The Kier molecular flexibility index (Phi) is 3.67. The molecule has 4 heteroatoms. The second-order valence-electron chi connectivity index (χ2n) is 5.94. The van der Waals surface area contributed by atoms with Gasteiger partial charge in [0.15, 0.2) is 0 Å². The Morgan fingerprint density at radius 1 is 1.30 bits per heavy atom. The van der Waals surface area contributed by atoms with E-state index < -0.39 is 0 Å². The van der Waals surface area contributed by atoms with Gasteiger partial charge in [0.25, 0.3) is 0 Å². The standard InChI is InChI=1S/C16H23N3S/c1-12-18-14-10-13(17)6-7-15(14)19(12)11-16(20-2)8-4-3-5-9-16/h6-7,10H,3-5,8-9,11,17H2,1-2H3. The molecular weight excluding hydrogens is 266 g/mol. The molecule has 1 aliphatic rings.